The zero-order valence-electron chi connectivity index (χ0n) is 11.0. The standard InChI is InChI=1S/C12H14FN3O4S/c13-8-5-9(14-6-8)7-16-21(17,18)12-2-1-10(19-12)11-3-4-15-20-11/h1-4,8-9,14,16H,5-7H2/t8-,9-/m0/s1. The molecule has 0 amide bonds. The van der Waals surface area contributed by atoms with Crippen LogP contribution in [0.5, 0.6) is 0 Å². The first-order valence-electron chi connectivity index (χ1n) is 6.42. The third kappa shape index (κ3) is 3.14. The Hall–Kier alpha value is -1.71. The van der Waals surface area contributed by atoms with Gasteiger partial charge in [0, 0.05) is 25.2 Å². The fraction of sp³-hybridized carbons (Fsp3) is 0.417. The zero-order chi connectivity index (χ0) is 14.9. The van der Waals surface area contributed by atoms with Crippen molar-refractivity contribution in [1.29, 1.82) is 0 Å². The average molecular weight is 315 g/mol. The summed E-state index contributed by atoms with van der Waals surface area (Å²) in [6.07, 6.45) is 0.800. The fourth-order valence-electron chi connectivity index (χ4n) is 2.15. The molecule has 0 unspecified atom stereocenters. The minimum absolute atomic E-state index is 0.112. The van der Waals surface area contributed by atoms with Crippen LogP contribution in [0.1, 0.15) is 6.42 Å². The van der Waals surface area contributed by atoms with Crippen LogP contribution in [0.15, 0.2) is 38.4 Å². The summed E-state index contributed by atoms with van der Waals surface area (Å²) >= 11 is 0. The van der Waals surface area contributed by atoms with E-state index >= 15 is 0 Å². The number of nitrogens with zero attached hydrogens (tertiary/aromatic N) is 1. The van der Waals surface area contributed by atoms with Gasteiger partial charge in [-0.15, -0.1) is 0 Å². The molecule has 1 aliphatic rings. The maximum Gasteiger partial charge on any atom is 0.274 e. The molecule has 0 bridgehead atoms. The highest BCUT2D eigenvalue weighted by atomic mass is 32.2. The molecule has 7 nitrogen and oxygen atoms in total. The van der Waals surface area contributed by atoms with Gasteiger partial charge in [-0.2, -0.15) is 0 Å². The van der Waals surface area contributed by atoms with Gasteiger partial charge in [0.05, 0.1) is 6.20 Å². The molecule has 2 N–H and O–H groups in total. The number of furan rings is 1. The van der Waals surface area contributed by atoms with E-state index in [1.165, 1.54) is 18.3 Å². The van der Waals surface area contributed by atoms with Gasteiger partial charge in [-0.25, -0.2) is 17.5 Å². The van der Waals surface area contributed by atoms with Crippen LogP contribution in [0, 0.1) is 0 Å². The summed E-state index contributed by atoms with van der Waals surface area (Å²) in [5.41, 5.74) is 0. The Morgan fingerprint density at radius 1 is 1.38 bits per heavy atom. The van der Waals surface area contributed by atoms with E-state index < -0.39 is 16.2 Å². The Morgan fingerprint density at radius 3 is 2.90 bits per heavy atom. The summed E-state index contributed by atoms with van der Waals surface area (Å²) in [4.78, 5) is 0. The first kappa shape index (κ1) is 14.2. The maximum absolute atomic E-state index is 13.0. The summed E-state index contributed by atoms with van der Waals surface area (Å²) in [5.74, 6) is 0.616. The second kappa shape index (κ2) is 5.58. The van der Waals surface area contributed by atoms with Crippen molar-refractivity contribution in [3.05, 3.63) is 24.4 Å². The van der Waals surface area contributed by atoms with Crippen molar-refractivity contribution in [2.75, 3.05) is 13.1 Å². The molecule has 21 heavy (non-hydrogen) atoms. The number of halogens is 1. The van der Waals surface area contributed by atoms with Gasteiger partial charge in [-0.05, 0) is 18.6 Å². The predicted molar refractivity (Wildman–Crippen MR) is 70.7 cm³/mol. The molecule has 2 atom stereocenters. The summed E-state index contributed by atoms with van der Waals surface area (Å²) in [5, 5.41) is 6.21. The zero-order valence-corrected chi connectivity index (χ0v) is 11.8. The highest BCUT2D eigenvalue weighted by molar-refractivity contribution is 7.89. The number of alkyl halides is 1. The predicted octanol–water partition coefficient (Wildman–Crippen LogP) is 0.913. The molecule has 2 aromatic heterocycles. The van der Waals surface area contributed by atoms with Crippen molar-refractivity contribution >= 4 is 10.0 Å². The molecule has 0 saturated carbocycles. The van der Waals surface area contributed by atoms with Crippen LogP contribution in [0.4, 0.5) is 4.39 Å². The van der Waals surface area contributed by atoms with E-state index in [0.717, 1.165) is 0 Å². The van der Waals surface area contributed by atoms with E-state index in [0.29, 0.717) is 12.2 Å². The van der Waals surface area contributed by atoms with Crippen LogP contribution >= 0.6 is 0 Å². The first-order chi connectivity index (χ1) is 10.0. The lowest BCUT2D eigenvalue weighted by Gasteiger charge is -2.10. The number of rotatable bonds is 5. The van der Waals surface area contributed by atoms with Gasteiger partial charge in [0.2, 0.25) is 10.9 Å². The number of nitrogens with one attached hydrogen (secondary N) is 2. The summed E-state index contributed by atoms with van der Waals surface area (Å²) in [6, 6.07) is 4.17. The van der Waals surface area contributed by atoms with E-state index in [1.54, 1.807) is 6.07 Å². The topological polar surface area (TPSA) is 97.4 Å². The van der Waals surface area contributed by atoms with Crippen LogP contribution in [-0.4, -0.2) is 38.9 Å². The second-order valence-corrected chi connectivity index (χ2v) is 6.48. The average Bonchev–Trinajstić information content (AvgIpc) is 3.17. The third-order valence-electron chi connectivity index (χ3n) is 3.21. The molecule has 2 aromatic rings. The molecule has 0 radical (unpaired) electrons. The highest BCUT2D eigenvalue weighted by Gasteiger charge is 2.26. The third-order valence-corrected chi connectivity index (χ3v) is 4.51. The lowest BCUT2D eigenvalue weighted by molar-refractivity contribution is 0.355. The Bertz CT molecular complexity index is 698. The van der Waals surface area contributed by atoms with Crippen molar-refractivity contribution in [2.24, 2.45) is 0 Å². The van der Waals surface area contributed by atoms with Crippen LogP contribution in [0.3, 0.4) is 0 Å². The molecule has 1 saturated heterocycles. The lowest BCUT2D eigenvalue weighted by Crippen LogP contribution is -2.37. The molecule has 0 aliphatic carbocycles. The van der Waals surface area contributed by atoms with Crippen molar-refractivity contribution < 1.29 is 21.7 Å². The molecule has 0 aromatic carbocycles. The molecular formula is C12H14FN3O4S. The van der Waals surface area contributed by atoms with Crippen LogP contribution in [0.25, 0.3) is 11.5 Å². The molecular weight excluding hydrogens is 301 g/mol. The van der Waals surface area contributed by atoms with E-state index in [4.69, 9.17) is 8.94 Å². The maximum atomic E-state index is 13.0. The smallest absolute Gasteiger partial charge is 0.274 e. The summed E-state index contributed by atoms with van der Waals surface area (Å²) in [7, 11) is -3.78. The van der Waals surface area contributed by atoms with Crippen LogP contribution < -0.4 is 10.0 Å². The quantitative estimate of drug-likeness (QED) is 0.851. The number of aromatic nitrogens is 1. The number of hydrogen-bond donors (Lipinski definition) is 2. The van der Waals surface area contributed by atoms with Crippen molar-refractivity contribution in [3.63, 3.8) is 0 Å². The van der Waals surface area contributed by atoms with Gasteiger partial charge < -0.3 is 14.3 Å². The second-order valence-electron chi connectivity index (χ2n) is 4.79. The van der Waals surface area contributed by atoms with Crippen LogP contribution in [0.2, 0.25) is 0 Å². The van der Waals surface area contributed by atoms with Gasteiger partial charge in [-0.1, -0.05) is 5.16 Å². The molecule has 3 heterocycles. The van der Waals surface area contributed by atoms with Crippen molar-refractivity contribution in [3.8, 4) is 11.5 Å². The van der Waals surface area contributed by atoms with Gasteiger partial charge >= 0.3 is 0 Å². The molecule has 9 heteroatoms. The minimum Gasteiger partial charge on any atom is -0.440 e. The lowest BCUT2D eigenvalue weighted by atomic mass is 10.2. The molecule has 1 fully saturated rings. The minimum atomic E-state index is -3.78. The van der Waals surface area contributed by atoms with Crippen LogP contribution in [-0.2, 0) is 10.0 Å². The van der Waals surface area contributed by atoms with Gasteiger partial charge in [0.25, 0.3) is 10.0 Å². The fourth-order valence-corrected chi connectivity index (χ4v) is 3.16. The van der Waals surface area contributed by atoms with E-state index in [2.05, 4.69) is 15.2 Å². The Kier molecular flexibility index (Phi) is 3.79. The largest absolute Gasteiger partial charge is 0.440 e. The summed E-state index contributed by atoms with van der Waals surface area (Å²) < 4.78 is 49.7. The normalized spacial score (nSPS) is 22.7. The van der Waals surface area contributed by atoms with Crippen molar-refractivity contribution in [1.82, 2.24) is 15.2 Å². The molecule has 3 rings (SSSR count). The molecule has 0 spiro atoms. The molecule has 1 aliphatic heterocycles. The van der Waals surface area contributed by atoms with E-state index in [1.807, 2.05) is 0 Å². The number of sulfonamides is 1. The van der Waals surface area contributed by atoms with Crippen molar-refractivity contribution in [2.45, 2.75) is 23.7 Å². The number of hydrogen-bond acceptors (Lipinski definition) is 6. The first-order valence-corrected chi connectivity index (χ1v) is 7.91. The summed E-state index contributed by atoms with van der Waals surface area (Å²) in [6.45, 7) is 0.365. The molecule has 114 valence electrons. The van der Waals surface area contributed by atoms with Gasteiger partial charge in [-0.3, -0.25) is 0 Å². The highest BCUT2D eigenvalue weighted by Crippen LogP contribution is 2.24. The monoisotopic (exact) mass is 315 g/mol. The Labute approximate surface area is 120 Å². The van der Waals surface area contributed by atoms with E-state index in [-0.39, 0.29) is 30.0 Å². The SMILES string of the molecule is O=S(=O)(NC[C@@H]1C[C@H](F)CN1)c1ccc(-c2ccno2)o1. The Balaban J connectivity index is 1.67. The van der Waals surface area contributed by atoms with Gasteiger partial charge in [0.15, 0.2) is 5.76 Å². The Morgan fingerprint density at radius 2 is 2.24 bits per heavy atom. The van der Waals surface area contributed by atoms with Gasteiger partial charge in [0.1, 0.15) is 6.17 Å². The van der Waals surface area contributed by atoms with E-state index in [9.17, 15) is 12.8 Å².